The van der Waals surface area contributed by atoms with Gasteiger partial charge in [0.2, 0.25) is 10.0 Å². The smallest absolute Gasteiger partial charge is 0.272 e. The number of benzene rings is 1. The number of hydrogen-bond donors (Lipinski definition) is 1. The van der Waals surface area contributed by atoms with Gasteiger partial charge in [-0.3, -0.25) is 4.79 Å². The third kappa shape index (κ3) is 4.00. The third-order valence-electron chi connectivity index (χ3n) is 5.36. The molecule has 1 amide bonds. The average Bonchev–Trinajstić information content (AvgIpc) is 3.42. The Balaban J connectivity index is 1.56. The van der Waals surface area contributed by atoms with Crippen LogP contribution in [0.1, 0.15) is 34.7 Å². The number of carbonyl (C=O) groups excluding carboxylic acids is 1. The summed E-state index contributed by atoms with van der Waals surface area (Å²) in [5.41, 5.74) is 2.28. The summed E-state index contributed by atoms with van der Waals surface area (Å²) in [5.74, 6) is -1.06. The summed E-state index contributed by atoms with van der Waals surface area (Å²) >= 11 is 0. The van der Waals surface area contributed by atoms with Gasteiger partial charge < -0.3 is 9.88 Å². The average molecular weight is 446 g/mol. The molecule has 3 heterocycles. The van der Waals surface area contributed by atoms with Crippen LogP contribution in [0.2, 0.25) is 0 Å². The topological polar surface area (TPSA) is 89.2 Å². The van der Waals surface area contributed by atoms with Crippen molar-refractivity contribution in [2.45, 2.75) is 31.6 Å². The van der Waals surface area contributed by atoms with Gasteiger partial charge in [-0.15, -0.1) is 0 Å². The quantitative estimate of drug-likeness (QED) is 0.654. The first kappa shape index (κ1) is 21.3. The number of amides is 1. The van der Waals surface area contributed by atoms with Gasteiger partial charge in [0, 0.05) is 37.7 Å². The lowest BCUT2D eigenvalue weighted by molar-refractivity contribution is 0.101. The molecule has 1 aromatic carbocycles. The van der Waals surface area contributed by atoms with Crippen molar-refractivity contribution in [2.75, 3.05) is 18.4 Å². The molecule has 0 atom stereocenters. The fraction of sp³-hybridized carbons (Fsp3) is 0.333. The SMILES string of the molecule is Cc1cc(C)n(-c2ccc(NC(=O)c3cc(S(=O)(=O)N4CCCC4)cn3C)cc2F)n1. The maximum Gasteiger partial charge on any atom is 0.272 e. The van der Waals surface area contributed by atoms with Gasteiger partial charge in [-0.2, -0.15) is 9.40 Å². The van der Waals surface area contributed by atoms with Crippen molar-refractivity contribution in [2.24, 2.45) is 7.05 Å². The molecule has 8 nitrogen and oxygen atoms in total. The van der Waals surface area contributed by atoms with Crippen LogP contribution in [0.5, 0.6) is 0 Å². The molecule has 1 aliphatic rings. The third-order valence-corrected chi connectivity index (χ3v) is 7.22. The van der Waals surface area contributed by atoms with E-state index in [0.717, 1.165) is 24.2 Å². The molecule has 0 spiro atoms. The monoisotopic (exact) mass is 445 g/mol. The van der Waals surface area contributed by atoms with Crippen LogP contribution in [0.4, 0.5) is 10.1 Å². The maximum absolute atomic E-state index is 14.7. The van der Waals surface area contributed by atoms with Crippen LogP contribution in [0.25, 0.3) is 5.69 Å². The number of nitrogens with zero attached hydrogens (tertiary/aromatic N) is 4. The number of anilines is 1. The summed E-state index contributed by atoms with van der Waals surface area (Å²) < 4.78 is 44.6. The van der Waals surface area contributed by atoms with E-state index in [4.69, 9.17) is 0 Å². The highest BCUT2D eigenvalue weighted by Gasteiger charge is 2.29. The van der Waals surface area contributed by atoms with Crippen molar-refractivity contribution in [3.8, 4) is 5.69 Å². The van der Waals surface area contributed by atoms with Crippen molar-refractivity contribution in [1.82, 2.24) is 18.7 Å². The number of nitrogens with one attached hydrogen (secondary N) is 1. The van der Waals surface area contributed by atoms with Crippen LogP contribution in [-0.4, -0.2) is 46.1 Å². The molecule has 10 heteroatoms. The molecular formula is C21H24FN5O3S. The lowest BCUT2D eigenvalue weighted by Crippen LogP contribution is -2.27. The first-order valence-electron chi connectivity index (χ1n) is 9.98. The maximum atomic E-state index is 14.7. The fourth-order valence-corrected chi connectivity index (χ4v) is 5.39. The van der Waals surface area contributed by atoms with Crippen molar-refractivity contribution < 1.29 is 17.6 Å². The highest BCUT2D eigenvalue weighted by Crippen LogP contribution is 2.24. The number of halogens is 1. The second kappa shape index (κ2) is 7.93. The minimum absolute atomic E-state index is 0.0769. The Morgan fingerprint density at radius 3 is 2.45 bits per heavy atom. The number of aromatic nitrogens is 3. The van der Waals surface area contributed by atoms with Crippen LogP contribution < -0.4 is 5.32 Å². The zero-order valence-electron chi connectivity index (χ0n) is 17.6. The van der Waals surface area contributed by atoms with E-state index < -0.39 is 21.7 Å². The highest BCUT2D eigenvalue weighted by molar-refractivity contribution is 7.89. The molecule has 1 saturated heterocycles. The van der Waals surface area contributed by atoms with E-state index in [0.29, 0.717) is 13.1 Å². The molecule has 0 bridgehead atoms. The lowest BCUT2D eigenvalue weighted by atomic mass is 10.2. The molecule has 0 aliphatic carbocycles. The van der Waals surface area contributed by atoms with Gasteiger partial charge in [0.05, 0.1) is 5.69 Å². The van der Waals surface area contributed by atoms with Crippen LogP contribution in [0, 0.1) is 19.7 Å². The van der Waals surface area contributed by atoms with Gasteiger partial charge in [-0.25, -0.2) is 17.5 Å². The summed E-state index contributed by atoms with van der Waals surface area (Å²) in [7, 11) is -2.03. The Kier molecular flexibility index (Phi) is 5.44. The van der Waals surface area contributed by atoms with Gasteiger partial charge in [-0.05, 0) is 57.0 Å². The summed E-state index contributed by atoms with van der Waals surface area (Å²) in [6.07, 6.45) is 3.09. The second-order valence-corrected chi connectivity index (χ2v) is 9.68. The molecule has 31 heavy (non-hydrogen) atoms. The molecule has 0 saturated carbocycles. The zero-order valence-corrected chi connectivity index (χ0v) is 18.4. The fourth-order valence-electron chi connectivity index (χ4n) is 3.80. The molecule has 1 aliphatic heterocycles. The number of carbonyl (C=O) groups is 1. The van der Waals surface area contributed by atoms with Crippen molar-refractivity contribution >= 4 is 21.6 Å². The Labute approximate surface area is 180 Å². The number of hydrogen-bond acceptors (Lipinski definition) is 4. The van der Waals surface area contributed by atoms with Crippen LogP contribution >= 0.6 is 0 Å². The van der Waals surface area contributed by atoms with Gasteiger partial charge in [0.1, 0.15) is 16.3 Å². The van der Waals surface area contributed by atoms with Crippen molar-refractivity contribution in [1.29, 1.82) is 0 Å². The van der Waals surface area contributed by atoms with Crippen LogP contribution in [0.3, 0.4) is 0 Å². The predicted octanol–water partition coefficient (Wildman–Crippen LogP) is 3.00. The van der Waals surface area contributed by atoms with E-state index in [9.17, 15) is 17.6 Å². The van der Waals surface area contributed by atoms with E-state index in [1.807, 2.05) is 19.9 Å². The Morgan fingerprint density at radius 1 is 1.13 bits per heavy atom. The molecule has 164 valence electrons. The molecule has 3 aromatic rings. The Bertz CT molecular complexity index is 1260. The Morgan fingerprint density at radius 2 is 1.84 bits per heavy atom. The molecular weight excluding hydrogens is 421 g/mol. The van der Waals surface area contributed by atoms with E-state index in [1.165, 1.54) is 31.9 Å². The lowest BCUT2D eigenvalue weighted by Gasteiger charge is -2.13. The molecule has 0 radical (unpaired) electrons. The van der Waals surface area contributed by atoms with Crippen molar-refractivity contribution in [3.05, 3.63) is 59.4 Å². The minimum atomic E-state index is -3.63. The summed E-state index contributed by atoms with van der Waals surface area (Å²) in [4.78, 5) is 12.8. The highest BCUT2D eigenvalue weighted by atomic mass is 32.2. The Hall–Kier alpha value is -2.98. The number of rotatable bonds is 5. The van der Waals surface area contributed by atoms with Gasteiger partial charge in [0.15, 0.2) is 5.82 Å². The first-order valence-corrected chi connectivity index (χ1v) is 11.4. The normalized spacial score (nSPS) is 14.8. The van der Waals surface area contributed by atoms with E-state index >= 15 is 0 Å². The summed E-state index contributed by atoms with van der Waals surface area (Å²) in [6, 6.07) is 7.53. The van der Waals surface area contributed by atoms with Crippen LogP contribution in [-0.2, 0) is 17.1 Å². The first-order chi connectivity index (χ1) is 14.7. The largest absolute Gasteiger partial charge is 0.345 e. The number of aryl methyl sites for hydroxylation is 3. The van der Waals surface area contributed by atoms with E-state index in [1.54, 1.807) is 19.2 Å². The molecule has 4 rings (SSSR count). The summed E-state index contributed by atoms with van der Waals surface area (Å²) in [5, 5.41) is 6.91. The standard InChI is InChI=1S/C21H24FN5O3S/c1-14-10-15(2)27(24-14)19-7-6-16(11-18(19)22)23-21(28)20-12-17(13-25(20)3)31(29,30)26-8-4-5-9-26/h6-7,10-13H,4-5,8-9H2,1-3H3,(H,23,28). The van der Waals surface area contributed by atoms with Gasteiger partial charge in [0.25, 0.3) is 5.91 Å². The molecule has 1 fully saturated rings. The summed E-state index contributed by atoms with van der Waals surface area (Å²) in [6.45, 7) is 4.63. The predicted molar refractivity (Wildman–Crippen MR) is 114 cm³/mol. The molecule has 1 N–H and O–H groups in total. The second-order valence-electron chi connectivity index (χ2n) is 7.74. The van der Waals surface area contributed by atoms with Crippen LogP contribution in [0.15, 0.2) is 41.4 Å². The van der Waals surface area contributed by atoms with E-state index in [2.05, 4.69) is 10.4 Å². The van der Waals surface area contributed by atoms with Gasteiger partial charge in [-0.1, -0.05) is 0 Å². The molecule has 2 aromatic heterocycles. The number of sulfonamides is 1. The van der Waals surface area contributed by atoms with Gasteiger partial charge >= 0.3 is 0 Å². The zero-order chi connectivity index (χ0) is 22.3. The minimum Gasteiger partial charge on any atom is -0.345 e. The van der Waals surface area contributed by atoms with Crippen molar-refractivity contribution in [3.63, 3.8) is 0 Å². The molecule has 0 unspecified atom stereocenters. The van der Waals surface area contributed by atoms with E-state index in [-0.39, 0.29) is 22.0 Å².